The Morgan fingerprint density at radius 1 is 1.42 bits per heavy atom. The van der Waals surface area contributed by atoms with Gasteiger partial charge < -0.3 is 16.3 Å². The van der Waals surface area contributed by atoms with Crippen LogP contribution in [-0.4, -0.2) is 17.0 Å². The first-order valence-electron chi connectivity index (χ1n) is 6.22. The molecule has 0 saturated carbocycles. The van der Waals surface area contributed by atoms with Gasteiger partial charge >= 0.3 is 0 Å². The Bertz CT molecular complexity index is 511. The molecule has 1 aromatic rings. The van der Waals surface area contributed by atoms with E-state index in [2.05, 4.69) is 10.5 Å². The highest BCUT2D eigenvalue weighted by atomic mass is 16.4. The third-order valence-corrected chi connectivity index (χ3v) is 3.65. The van der Waals surface area contributed by atoms with Crippen molar-refractivity contribution in [3.8, 4) is 0 Å². The summed E-state index contributed by atoms with van der Waals surface area (Å²) < 4.78 is 0. The molecule has 0 aliphatic rings. The predicted molar refractivity (Wildman–Crippen MR) is 76.4 cm³/mol. The van der Waals surface area contributed by atoms with Crippen molar-refractivity contribution in [1.29, 1.82) is 0 Å². The number of nitrogens with one attached hydrogen (secondary N) is 1. The van der Waals surface area contributed by atoms with Gasteiger partial charge in [-0.15, -0.1) is 0 Å². The molecule has 0 bridgehead atoms. The number of carbonyl (C=O) groups excluding carboxylic acids is 1. The fraction of sp³-hybridized carbons (Fsp3) is 0.429. The van der Waals surface area contributed by atoms with Crippen LogP contribution in [0.3, 0.4) is 0 Å². The van der Waals surface area contributed by atoms with Crippen LogP contribution in [0, 0.1) is 19.3 Å². The molecule has 0 aliphatic heterocycles. The van der Waals surface area contributed by atoms with Crippen LogP contribution < -0.4 is 11.1 Å². The van der Waals surface area contributed by atoms with Gasteiger partial charge in [0, 0.05) is 5.69 Å². The summed E-state index contributed by atoms with van der Waals surface area (Å²) in [5.41, 5.74) is 7.55. The van der Waals surface area contributed by atoms with Gasteiger partial charge in [0.15, 0.2) is 5.84 Å². The van der Waals surface area contributed by atoms with E-state index >= 15 is 0 Å². The van der Waals surface area contributed by atoms with E-state index in [1.807, 2.05) is 39.0 Å². The Hall–Kier alpha value is -2.04. The maximum absolute atomic E-state index is 12.3. The summed E-state index contributed by atoms with van der Waals surface area (Å²) in [6.07, 6.45) is 0.444. The molecule has 0 saturated heterocycles. The van der Waals surface area contributed by atoms with Crippen molar-refractivity contribution in [1.82, 2.24) is 0 Å². The molecule has 1 unspecified atom stereocenters. The van der Waals surface area contributed by atoms with E-state index < -0.39 is 5.41 Å². The highest BCUT2D eigenvalue weighted by Gasteiger charge is 2.36. The Morgan fingerprint density at radius 3 is 2.53 bits per heavy atom. The third kappa shape index (κ3) is 3.05. The van der Waals surface area contributed by atoms with Crippen LogP contribution in [0.1, 0.15) is 31.4 Å². The lowest BCUT2D eigenvalue weighted by Gasteiger charge is -2.25. The Labute approximate surface area is 113 Å². The van der Waals surface area contributed by atoms with Crippen LogP contribution in [0.15, 0.2) is 23.4 Å². The van der Waals surface area contributed by atoms with Crippen LogP contribution in [0.5, 0.6) is 0 Å². The molecular formula is C14H21N3O2. The quantitative estimate of drug-likeness (QED) is 0.337. The minimum Gasteiger partial charge on any atom is -0.409 e. The monoisotopic (exact) mass is 263 g/mol. The number of amides is 1. The molecule has 0 fully saturated rings. The molecule has 0 aliphatic carbocycles. The van der Waals surface area contributed by atoms with E-state index in [9.17, 15) is 4.79 Å². The van der Waals surface area contributed by atoms with Crippen molar-refractivity contribution in [2.24, 2.45) is 16.3 Å². The number of amidine groups is 1. The highest BCUT2D eigenvalue weighted by Crippen LogP contribution is 2.24. The fourth-order valence-corrected chi connectivity index (χ4v) is 1.66. The summed E-state index contributed by atoms with van der Waals surface area (Å²) in [6, 6.07) is 5.68. The molecule has 0 aromatic heterocycles. The lowest BCUT2D eigenvalue weighted by atomic mass is 9.85. The van der Waals surface area contributed by atoms with Crippen molar-refractivity contribution in [2.45, 2.75) is 34.1 Å². The maximum atomic E-state index is 12.3. The van der Waals surface area contributed by atoms with Gasteiger partial charge in [-0.1, -0.05) is 18.1 Å². The van der Waals surface area contributed by atoms with Crippen molar-refractivity contribution in [3.63, 3.8) is 0 Å². The summed E-state index contributed by atoms with van der Waals surface area (Å²) in [5, 5.41) is 14.5. The van der Waals surface area contributed by atoms with Gasteiger partial charge in [0.05, 0.1) is 0 Å². The largest absolute Gasteiger partial charge is 0.409 e. The number of nitrogens with zero attached hydrogens (tertiary/aromatic N) is 1. The lowest BCUT2D eigenvalue weighted by Crippen LogP contribution is -2.44. The molecular weight excluding hydrogens is 242 g/mol. The first-order chi connectivity index (χ1) is 8.85. The van der Waals surface area contributed by atoms with Gasteiger partial charge in [0.1, 0.15) is 5.41 Å². The van der Waals surface area contributed by atoms with Crippen LogP contribution in [0.4, 0.5) is 5.69 Å². The van der Waals surface area contributed by atoms with Crippen LogP contribution >= 0.6 is 0 Å². The molecule has 1 amide bonds. The molecule has 5 nitrogen and oxygen atoms in total. The number of rotatable bonds is 4. The van der Waals surface area contributed by atoms with Crippen molar-refractivity contribution in [2.75, 3.05) is 5.32 Å². The molecule has 0 radical (unpaired) electrons. The third-order valence-electron chi connectivity index (χ3n) is 3.65. The van der Waals surface area contributed by atoms with Crippen LogP contribution in [-0.2, 0) is 4.79 Å². The van der Waals surface area contributed by atoms with Gasteiger partial charge in [-0.05, 0) is 50.5 Å². The van der Waals surface area contributed by atoms with E-state index in [0.29, 0.717) is 12.1 Å². The minimum absolute atomic E-state index is 0.0867. The van der Waals surface area contributed by atoms with Gasteiger partial charge in [0.25, 0.3) is 0 Å². The molecule has 0 spiro atoms. The standard InChI is InChI=1S/C14H21N3O2/c1-5-14(4,12(15)17-19)13(18)16-11-7-6-9(2)10(3)8-11/h6-8,19H,5H2,1-4H3,(H2,15,17)(H,16,18). The summed E-state index contributed by atoms with van der Waals surface area (Å²) in [7, 11) is 0. The molecule has 104 valence electrons. The first-order valence-corrected chi connectivity index (χ1v) is 6.22. The molecule has 4 N–H and O–H groups in total. The summed E-state index contributed by atoms with van der Waals surface area (Å²) >= 11 is 0. The summed E-state index contributed by atoms with van der Waals surface area (Å²) in [4.78, 5) is 12.3. The number of benzene rings is 1. The number of oxime groups is 1. The van der Waals surface area contributed by atoms with Gasteiger partial charge in [-0.3, -0.25) is 4.79 Å². The summed E-state index contributed by atoms with van der Waals surface area (Å²) in [6.45, 7) is 7.46. The Kier molecular flexibility index (Phi) is 4.53. The second-order valence-corrected chi connectivity index (χ2v) is 4.92. The molecule has 1 rings (SSSR count). The van der Waals surface area contributed by atoms with Crippen LogP contribution in [0.2, 0.25) is 0 Å². The molecule has 1 aromatic carbocycles. The van der Waals surface area contributed by atoms with E-state index in [1.165, 1.54) is 0 Å². The van der Waals surface area contributed by atoms with Crippen molar-refractivity contribution >= 4 is 17.4 Å². The zero-order chi connectivity index (χ0) is 14.6. The van der Waals surface area contributed by atoms with Gasteiger partial charge in [-0.25, -0.2) is 0 Å². The predicted octanol–water partition coefficient (Wildman–Crippen LogP) is 2.40. The Morgan fingerprint density at radius 2 is 2.05 bits per heavy atom. The van der Waals surface area contributed by atoms with E-state index in [-0.39, 0.29) is 11.7 Å². The average Bonchev–Trinajstić information content (AvgIpc) is 2.40. The van der Waals surface area contributed by atoms with Crippen molar-refractivity contribution in [3.05, 3.63) is 29.3 Å². The van der Waals surface area contributed by atoms with E-state index in [4.69, 9.17) is 10.9 Å². The smallest absolute Gasteiger partial charge is 0.238 e. The first kappa shape index (κ1) is 15.0. The number of aryl methyl sites for hydroxylation is 2. The normalized spacial score (nSPS) is 14.8. The van der Waals surface area contributed by atoms with Gasteiger partial charge in [-0.2, -0.15) is 0 Å². The summed E-state index contributed by atoms with van der Waals surface area (Å²) in [5.74, 6) is -0.370. The van der Waals surface area contributed by atoms with Crippen LogP contribution in [0.25, 0.3) is 0 Å². The zero-order valence-corrected chi connectivity index (χ0v) is 11.8. The topological polar surface area (TPSA) is 87.7 Å². The van der Waals surface area contributed by atoms with Crippen molar-refractivity contribution < 1.29 is 10.0 Å². The fourth-order valence-electron chi connectivity index (χ4n) is 1.66. The molecule has 1 atom stereocenters. The second kappa shape index (κ2) is 5.73. The maximum Gasteiger partial charge on any atom is 0.238 e. The molecule has 19 heavy (non-hydrogen) atoms. The number of anilines is 1. The SMILES string of the molecule is CCC(C)(C(=O)Nc1ccc(C)c(C)c1)/C(N)=N/O. The zero-order valence-electron chi connectivity index (χ0n) is 11.8. The number of hydrogen-bond acceptors (Lipinski definition) is 3. The molecule has 5 heteroatoms. The Balaban J connectivity index is 2.98. The van der Waals surface area contributed by atoms with E-state index in [1.54, 1.807) is 6.92 Å². The highest BCUT2D eigenvalue weighted by molar-refractivity contribution is 6.11. The second-order valence-electron chi connectivity index (χ2n) is 4.92. The number of carbonyl (C=O) groups is 1. The average molecular weight is 263 g/mol. The lowest BCUT2D eigenvalue weighted by molar-refractivity contribution is -0.121. The number of nitrogens with two attached hydrogens (primary N) is 1. The van der Waals surface area contributed by atoms with Gasteiger partial charge in [0.2, 0.25) is 5.91 Å². The minimum atomic E-state index is -1.02. The van der Waals surface area contributed by atoms with E-state index in [0.717, 1.165) is 11.1 Å². The number of hydrogen-bond donors (Lipinski definition) is 3. The molecule has 0 heterocycles.